The molecule has 3 aromatic carbocycles. The van der Waals surface area contributed by atoms with Crippen molar-refractivity contribution < 1.29 is 4.42 Å². The molecule has 0 aliphatic heterocycles. The summed E-state index contributed by atoms with van der Waals surface area (Å²) in [5, 5.41) is 5.03. The smallest absolute Gasteiger partial charge is 0.137 e. The highest BCUT2D eigenvalue weighted by Crippen LogP contribution is 2.39. The van der Waals surface area contributed by atoms with Crippen molar-refractivity contribution in [3.05, 3.63) is 59.7 Å². The Labute approximate surface area is 133 Å². The number of aryl methyl sites for hydroxylation is 3. The molecule has 0 fully saturated rings. The fourth-order valence-corrected chi connectivity index (χ4v) is 3.81. The molecular weight excluding hydrogens is 282 g/mol. The summed E-state index contributed by atoms with van der Waals surface area (Å²) >= 11 is 0. The second kappa shape index (κ2) is 4.17. The Morgan fingerprint density at radius 3 is 2.26 bits per heavy atom. The Kier molecular flexibility index (Phi) is 2.31. The van der Waals surface area contributed by atoms with Crippen molar-refractivity contribution in [2.45, 2.75) is 13.8 Å². The van der Waals surface area contributed by atoms with Crippen LogP contribution >= 0.6 is 0 Å². The number of furan rings is 1. The molecule has 0 saturated carbocycles. The summed E-state index contributed by atoms with van der Waals surface area (Å²) in [4.78, 5) is 0. The zero-order valence-corrected chi connectivity index (χ0v) is 13.5. The van der Waals surface area contributed by atoms with Gasteiger partial charge in [0.1, 0.15) is 11.2 Å². The molecule has 2 nitrogen and oxygen atoms in total. The Hall–Kier alpha value is -2.74. The molecule has 2 heteroatoms. The number of rotatable bonds is 0. The summed E-state index contributed by atoms with van der Waals surface area (Å²) < 4.78 is 8.37. The molecule has 0 amide bonds. The number of nitrogens with zero attached hydrogens (tertiary/aromatic N) is 1. The van der Waals surface area contributed by atoms with Crippen molar-refractivity contribution in [1.29, 1.82) is 0 Å². The summed E-state index contributed by atoms with van der Waals surface area (Å²) in [5.74, 6) is 0. The average Bonchev–Trinajstić information content (AvgIpc) is 3.03. The lowest BCUT2D eigenvalue weighted by atomic mass is 10.1. The molecule has 0 saturated heterocycles. The fourth-order valence-electron chi connectivity index (χ4n) is 3.81. The van der Waals surface area contributed by atoms with Crippen LogP contribution in [-0.4, -0.2) is 4.57 Å². The molecule has 112 valence electrons. The molecular formula is C21H17NO. The molecule has 0 unspecified atom stereocenters. The van der Waals surface area contributed by atoms with E-state index in [4.69, 9.17) is 4.42 Å². The fraction of sp³-hybridized carbons (Fsp3) is 0.143. The average molecular weight is 299 g/mol. The highest BCUT2D eigenvalue weighted by Gasteiger charge is 2.16. The molecule has 5 rings (SSSR count). The van der Waals surface area contributed by atoms with E-state index in [9.17, 15) is 0 Å². The first-order chi connectivity index (χ1) is 11.1. The Morgan fingerprint density at radius 1 is 0.739 bits per heavy atom. The normalized spacial score (nSPS) is 12.1. The van der Waals surface area contributed by atoms with Crippen LogP contribution in [0, 0.1) is 13.8 Å². The summed E-state index contributed by atoms with van der Waals surface area (Å²) in [6.45, 7) is 4.27. The van der Waals surface area contributed by atoms with Gasteiger partial charge in [-0.1, -0.05) is 23.3 Å². The minimum Gasteiger partial charge on any atom is -0.456 e. The van der Waals surface area contributed by atoms with Crippen LogP contribution in [0.1, 0.15) is 11.1 Å². The molecule has 0 bridgehead atoms. The molecule has 5 aromatic rings. The van der Waals surface area contributed by atoms with E-state index in [-0.39, 0.29) is 0 Å². The van der Waals surface area contributed by atoms with Crippen LogP contribution in [0.15, 0.2) is 52.9 Å². The van der Waals surface area contributed by atoms with Crippen LogP contribution in [0.5, 0.6) is 0 Å². The van der Waals surface area contributed by atoms with Crippen molar-refractivity contribution in [2.75, 3.05) is 0 Å². The van der Waals surface area contributed by atoms with Gasteiger partial charge < -0.3 is 8.98 Å². The number of fused-ring (bicyclic) bond motifs is 7. The maximum Gasteiger partial charge on any atom is 0.137 e. The van der Waals surface area contributed by atoms with E-state index in [0.29, 0.717) is 0 Å². The summed E-state index contributed by atoms with van der Waals surface area (Å²) in [5.41, 5.74) is 6.98. The molecule has 0 atom stereocenters. The second-order valence-electron chi connectivity index (χ2n) is 6.52. The summed E-state index contributed by atoms with van der Waals surface area (Å²) in [7, 11) is 2.15. The Morgan fingerprint density at radius 2 is 1.43 bits per heavy atom. The van der Waals surface area contributed by atoms with Crippen LogP contribution < -0.4 is 0 Å². The maximum atomic E-state index is 6.08. The molecule has 0 aliphatic carbocycles. The summed E-state index contributed by atoms with van der Waals surface area (Å²) in [6, 6.07) is 17.4. The van der Waals surface area contributed by atoms with Crippen LogP contribution in [0.4, 0.5) is 0 Å². The molecule has 0 N–H and O–H groups in total. The highest BCUT2D eigenvalue weighted by atomic mass is 16.3. The monoisotopic (exact) mass is 299 g/mol. The van der Waals surface area contributed by atoms with Gasteiger partial charge in [-0.3, -0.25) is 0 Å². The third-order valence-electron chi connectivity index (χ3n) is 4.90. The molecule has 0 aliphatic rings. The standard InChI is InChI=1S/C21H17NO/c1-12-4-7-17-15(10-12)14-6-9-19-20(21(14)22(17)3)16-11-13(2)5-8-18(16)23-19/h4-11H,1-3H3. The van der Waals surface area contributed by atoms with Gasteiger partial charge in [0, 0.05) is 28.7 Å². The third-order valence-corrected chi connectivity index (χ3v) is 4.90. The van der Waals surface area contributed by atoms with Gasteiger partial charge in [-0.25, -0.2) is 0 Å². The largest absolute Gasteiger partial charge is 0.456 e. The van der Waals surface area contributed by atoms with Gasteiger partial charge >= 0.3 is 0 Å². The first-order valence-corrected chi connectivity index (χ1v) is 7.94. The number of benzene rings is 3. The minimum atomic E-state index is 0.958. The Bertz CT molecular complexity index is 1240. The number of hydrogen-bond donors (Lipinski definition) is 0. The van der Waals surface area contributed by atoms with Crippen molar-refractivity contribution in [2.24, 2.45) is 7.05 Å². The van der Waals surface area contributed by atoms with Crippen LogP contribution in [0.25, 0.3) is 43.7 Å². The topological polar surface area (TPSA) is 18.1 Å². The molecule has 0 radical (unpaired) electrons. The van der Waals surface area contributed by atoms with Gasteiger partial charge in [-0.15, -0.1) is 0 Å². The van der Waals surface area contributed by atoms with Gasteiger partial charge in [-0.05, 0) is 50.2 Å². The predicted octanol–water partition coefficient (Wildman–Crippen LogP) is 5.85. The van der Waals surface area contributed by atoms with Crippen molar-refractivity contribution in [3.8, 4) is 0 Å². The van der Waals surface area contributed by atoms with E-state index in [1.165, 1.54) is 43.7 Å². The molecule has 0 spiro atoms. The van der Waals surface area contributed by atoms with Gasteiger partial charge in [0.05, 0.1) is 10.9 Å². The lowest BCUT2D eigenvalue weighted by Crippen LogP contribution is -1.87. The minimum absolute atomic E-state index is 0.958. The molecule has 2 heterocycles. The van der Waals surface area contributed by atoms with E-state index >= 15 is 0 Å². The predicted molar refractivity (Wildman–Crippen MR) is 97.2 cm³/mol. The quantitative estimate of drug-likeness (QED) is 0.351. The van der Waals surface area contributed by atoms with Gasteiger partial charge in [-0.2, -0.15) is 0 Å². The maximum absolute atomic E-state index is 6.08. The third kappa shape index (κ3) is 1.58. The number of aromatic nitrogens is 1. The first kappa shape index (κ1) is 12.8. The van der Waals surface area contributed by atoms with Crippen molar-refractivity contribution in [1.82, 2.24) is 4.57 Å². The number of hydrogen-bond acceptors (Lipinski definition) is 1. The first-order valence-electron chi connectivity index (χ1n) is 7.94. The highest BCUT2D eigenvalue weighted by molar-refractivity contribution is 6.23. The summed E-state index contributed by atoms with van der Waals surface area (Å²) in [6.07, 6.45) is 0. The molecule has 2 aromatic heterocycles. The van der Waals surface area contributed by atoms with E-state index in [1.807, 2.05) is 0 Å². The van der Waals surface area contributed by atoms with Crippen LogP contribution in [0.3, 0.4) is 0 Å². The van der Waals surface area contributed by atoms with E-state index in [1.54, 1.807) is 0 Å². The van der Waals surface area contributed by atoms with Gasteiger partial charge in [0.25, 0.3) is 0 Å². The second-order valence-corrected chi connectivity index (χ2v) is 6.52. The van der Waals surface area contributed by atoms with E-state index < -0.39 is 0 Å². The lowest BCUT2D eigenvalue weighted by Gasteiger charge is -2.00. The van der Waals surface area contributed by atoms with E-state index in [0.717, 1.165) is 11.2 Å². The van der Waals surface area contributed by atoms with Crippen LogP contribution in [-0.2, 0) is 7.05 Å². The van der Waals surface area contributed by atoms with Crippen molar-refractivity contribution in [3.63, 3.8) is 0 Å². The van der Waals surface area contributed by atoms with E-state index in [2.05, 4.69) is 74.0 Å². The lowest BCUT2D eigenvalue weighted by molar-refractivity contribution is 0.669. The van der Waals surface area contributed by atoms with Crippen molar-refractivity contribution >= 4 is 43.7 Å². The van der Waals surface area contributed by atoms with Gasteiger partial charge in [0.2, 0.25) is 0 Å². The molecule has 23 heavy (non-hydrogen) atoms. The Balaban J connectivity index is 2.13. The van der Waals surface area contributed by atoms with Crippen LogP contribution in [0.2, 0.25) is 0 Å². The zero-order chi connectivity index (χ0) is 15.7. The van der Waals surface area contributed by atoms with Gasteiger partial charge in [0.15, 0.2) is 0 Å². The SMILES string of the molecule is Cc1ccc2oc3ccc4c5cc(C)ccc5n(C)c4c3c2c1. The zero-order valence-electron chi connectivity index (χ0n) is 13.5.